The van der Waals surface area contributed by atoms with Crippen molar-refractivity contribution in [2.24, 2.45) is 0 Å². The quantitative estimate of drug-likeness (QED) is 0.454. The number of imidazole rings is 1. The molecule has 168 valence electrons. The van der Waals surface area contributed by atoms with Gasteiger partial charge in [-0.05, 0) is 62.9 Å². The molecular formula is C24H23N5O3S. The average Bonchev–Trinajstić information content (AvgIpc) is 3.43. The summed E-state index contributed by atoms with van der Waals surface area (Å²) in [6.45, 7) is 1.99. The van der Waals surface area contributed by atoms with E-state index in [4.69, 9.17) is 4.98 Å². The number of nitrogens with one attached hydrogen (secondary N) is 1. The predicted octanol–water partition coefficient (Wildman–Crippen LogP) is 4.48. The zero-order valence-corrected chi connectivity index (χ0v) is 18.9. The number of hydrogen-bond acceptors (Lipinski definition) is 6. The van der Waals surface area contributed by atoms with Crippen LogP contribution in [0.3, 0.4) is 0 Å². The van der Waals surface area contributed by atoms with E-state index in [1.54, 1.807) is 12.4 Å². The lowest BCUT2D eigenvalue weighted by molar-refractivity contribution is 0.0690. The highest BCUT2D eigenvalue weighted by Gasteiger charge is 2.29. The molecule has 8 nitrogen and oxygen atoms in total. The summed E-state index contributed by atoms with van der Waals surface area (Å²) in [4.78, 5) is 39.3. The van der Waals surface area contributed by atoms with Gasteiger partial charge in [-0.1, -0.05) is 6.07 Å². The Kier molecular flexibility index (Phi) is 5.63. The van der Waals surface area contributed by atoms with Crippen molar-refractivity contribution in [1.82, 2.24) is 24.8 Å². The third-order valence-corrected chi connectivity index (χ3v) is 7.00. The van der Waals surface area contributed by atoms with Crippen molar-refractivity contribution in [3.05, 3.63) is 64.2 Å². The van der Waals surface area contributed by atoms with Gasteiger partial charge < -0.3 is 15.0 Å². The van der Waals surface area contributed by atoms with Crippen LogP contribution in [0.25, 0.3) is 22.6 Å². The number of carbonyl (C=O) groups excluding carboxylic acids is 1. The van der Waals surface area contributed by atoms with E-state index in [0.29, 0.717) is 17.0 Å². The minimum atomic E-state index is -1.09. The van der Waals surface area contributed by atoms with Crippen molar-refractivity contribution in [2.45, 2.75) is 44.7 Å². The molecule has 4 aromatic heterocycles. The van der Waals surface area contributed by atoms with E-state index in [9.17, 15) is 14.7 Å². The predicted molar refractivity (Wildman–Crippen MR) is 126 cm³/mol. The Morgan fingerprint density at radius 2 is 2.06 bits per heavy atom. The Balaban J connectivity index is 1.49. The monoisotopic (exact) mass is 461 g/mol. The first kappa shape index (κ1) is 21.3. The van der Waals surface area contributed by atoms with Crippen LogP contribution in [0.1, 0.15) is 56.8 Å². The second-order valence-electron chi connectivity index (χ2n) is 8.28. The van der Waals surface area contributed by atoms with Crippen LogP contribution in [0.4, 0.5) is 0 Å². The first-order valence-electron chi connectivity index (χ1n) is 10.9. The molecule has 9 heteroatoms. The van der Waals surface area contributed by atoms with Crippen molar-refractivity contribution >= 4 is 34.2 Å². The standard InChI is InChI=1S/C24H23N5O3S/c1-14-8-9-21(33-14)23(30)27-15-5-4-6-16(11-15)29-20-13-26-19(24(31)32)12-18(20)28-22(29)17-7-2-3-10-25-17/h2-3,7-10,12-13,15-16H,4-6,11H2,1H3,(H,27,30)(H,31,32)/t15-,16+/m0/s1. The summed E-state index contributed by atoms with van der Waals surface area (Å²) in [5.41, 5.74) is 2.01. The number of carbonyl (C=O) groups is 2. The van der Waals surface area contributed by atoms with Crippen LogP contribution in [-0.4, -0.2) is 42.5 Å². The number of pyridine rings is 2. The van der Waals surface area contributed by atoms with Gasteiger partial charge in [-0.2, -0.15) is 0 Å². The van der Waals surface area contributed by atoms with E-state index in [0.717, 1.165) is 41.0 Å². The zero-order chi connectivity index (χ0) is 22.9. The van der Waals surface area contributed by atoms with Gasteiger partial charge in [-0.3, -0.25) is 9.78 Å². The molecule has 1 aliphatic carbocycles. The minimum Gasteiger partial charge on any atom is -0.477 e. The van der Waals surface area contributed by atoms with E-state index in [-0.39, 0.29) is 23.7 Å². The summed E-state index contributed by atoms with van der Waals surface area (Å²) in [5, 5.41) is 12.6. The molecule has 4 heterocycles. The summed E-state index contributed by atoms with van der Waals surface area (Å²) in [7, 11) is 0. The number of carboxylic acids is 1. The maximum atomic E-state index is 12.7. The van der Waals surface area contributed by atoms with Crippen LogP contribution in [0.5, 0.6) is 0 Å². The Hall–Kier alpha value is -3.59. The maximum Gasteiger partial charge on any atom is 0.354 e. The van der Waals surface area contributed by atoms with Crippen LogP contribution in [0.2, 0.25) is 0 Å². The highest BCUT2D eigenvalue weighted by Crippen LogP contribution is 2.35. The molecule has 0 bridgehead atoms. The van der Waals surface area contributed by atoms with Gasteiger partial charge in [0.1, 0.15) is 11.4 Å². The van der Waals surface area contributed by atoms with Crippen molar-refractivity contribution in [3.8, 4) is 11.5 Å². The smallest absolute Gasteiger partial charge is 0.354 e. The number of aromatic carboxylic acids is 1. The van der Waals surface area contributed by atoms with Crippen molar-refractivity contribution in [3.63, 3.8) is 0 Å². The van der Waals surface area contributed by atoms with Gasteiger partial charge in [0, 0.05) is 23.2 Å². The van der Waals surface area contributed by atoms with Gasteiger partial charge in [0.25, 0.3) is 5.91 Å². The van der Waals surface area contributed by atoms with Gasteiger partial charge >= 0.3 is 5.97 Å². The SMILES string of the molecule is Cc1ccc(C(=O)N[C@H]2CCC[C@@H](n3c(-c4ccccn4)nc4cc(C(=O)O)ncc43)C2)s1. The van der Waals surface area contributed by atoms with Crippen LogP contribution in [0.15, 0.2) is 48.8 Å². The Labute approximate surface area is 194 Å². The maximum absolute atomic E-state index is 12.7. The number of aromatic nitrogens is 4. The van der Waals surface area contributed by atoms with E-state index >= 15 is 0 Å². The van der Waals surface area contributed by atoms with E-state index in [1.807, 2.05) is 37.3 Å². The Bertz CT molecular complexity index is 1330. The molecular weight excluding hydrogens is 438 g/mol. The number of hydrogen-bond donors (Lipinski definition) is 2. The lowest BCUT2D eigenvalue weighted by Crippen LogP contribution is -2.38. The number of carboxylic acid groups (broad SMARTS) is 1. The summed E-state index contributed by atoms with van der Waals surface area (Å²) in [6.07, 6.45) is 6.85. The molecule has 2 N–H and O–H groups in total. The molecule has 33 heavy (non-hydrogen) atoms. The first-order chi connectivity index (χ1) is 16.0. The molecule has 1 fully saturated rings. The van der Waals surface area contributed by atoms with Gasteiger partial charge in [-0.15, -0.1) is 11.3 Å². The number of rotatable bonds is 5. The zero-order valence-electron chi connectivity index (χ0n) is 18.1. The molecule has 0 aliphatic heterocycles. The normalized spacial score (nSPS) is 18.3. The molecule has 4 aromatic rings. The molecule has 0 aromatic carbocycles. The van der Waals surface area contributed by atoms with Gasteiger partial charge in [0.15, 0.2) is 5.82 Å². The number of aryl methyl sites for hydroxylation is 1. The lowest BCUT2D eigenvalue weighted by atomic mass is 9.90. The Morgan fingerprint density at radius 1 is 1.18 bits per heavy atom. The fraction of sp³-hybridized carbons (Fsp3) is 0.292. The minimum absolute atomic E-state index is 0.0352. The van der Waals surface area contributed by atoms with Gasteiger partial charge in [0.05, 0.1) is 22.1 Å². The summed E-state index contributed by atoms with van der Waals surface area (Å²) < 4.78 is 2.11. The van der Waals surface area contributed by atoms with Crippen LogP contribution >= 0.6 is 11.3 Å². The molecule has 0 radical (unpaired) electrons. The van der Waals surface area contributed by atoms with Crippen LogP contribution < -0.4 is 5.32 Å². The number of thiophene rings is 1. The molecule has 0 saturated heterocycles. The van der Waals surface area contributed by atoms with E-state index in [1.165, 1.54) is 17.4 Å². The molecule has 0 unspecified atom stereocenters. The van der Waals surface area contributed by atoms with Gasteiger partial charge in [0.2, 0.25) is 0 Å². The van der Waals surface area contributed by atoms with Gasteiger partial charge in [-0.25, -0.2) is 14.8 Å². The summed E-state index contributed by atoms with van der Waals surface area (Å²) in [5.74, 6) is -0.442. The summed E-state index contributed by atoms with van der Waals surface area (Å²) >= 11 is 1.50. The Morgan fingerprint density at radius 3 is 2.79 bits per heavy atom. The fourth-order valence-electron chi connectivity index (χ4n) is 4.50. The second kappa shape index (κ2) is 8.74. The molecule has 1 saturated carbocycles. The molecule has 0 spiro atoms. The number of nitrogens with zero attached hydrogens (tertiary/aromatic N) is 4. The highest BCUT2D eigenvalue weighted by molar-refractivity contribution is 7.13. The first-order valence-corrected chi connectivity index (χ1v) is 11.7. The fourth-order valence-corrected chi connectivity index (χ4v) is 5.27. The molecule has 1 amide bonds. The molecule has 1 aliphatic rings. The van der Waals surface area contributed by atoms with Crippen LogP contribution in [0, 0.1) is 6.92 Å². The van der Waals surface area contributed by atoms with Crippen molar-refractivity contribution < 1.29 is 14.7 Å². The van der Waals surface area contributed by atoms with Crippen molar-refractivity contribution in [1.29, 1.82) is 0 Å². The van der Waals surface area contributed by atoms with E-state index < -0.39 is 5.97 Å². The highest BCUT2D eigenvalue weighted by atomic mass is 32.1. The topological polar surface area (TPSA) is 110 Å². The average molecular weight is 462 g/mol. The second-order valence-corrected chi connectivity index (χ2v) is 9.57. The van der Waals surface area contributed by atoms with E-state index in [2.05, 4.69) is 19.9 Å². The van der Waals surface area contributed by atoms with Crippen molar-refractivity contribution in [2.75, 3.05) is 0 Å². The molecule has 5 rings (SSSR count). The van der Waals surface area contributed by atoms with Crippen LogP contribution in [-0.2, 0) is 0 Å². The largest absolute Gasteiger partial charge is 0.477 e. The number of amides is 1. The number of fused-ring (bicyclic) bond motifs is 1. The summed E-state index contributed by atoms with van der Waals surface area (Å²) in [6, 6.07) is 11.1. The third-order valence-electron chi connectivity index (χ3n) is 6.00. The molecule has 2 atom stereocenters. The lowest BCUT2D eigenvalue weighted by Gasteiger charge is -2.31. The third kappa shape index (κ3) is 4.23.